The van der Waals surface area contributed by atoms with Crippen LogP contribution in [0.3, 0.4) is 0 Å². The number of pyridine rings is 1. The van der Waals surface area contributed by atoms with E-state index in [1.165, 1.54) is 5.56 Å². The minimum absolute atomic E-state index is 0.0616. The number of ether oxygens (including phenoxy) is 2. The molecular formula is C34H25BN2O3. The van der Waals surface area contributed by atoms with Crippen molar-refractivity contribution in [2.75, 3.05) is 0 Å². The van der Waals surface area contributed by atoms with Gasteiger partial charge in [0.05, 0.1) is 5.69 Å². The Labute approximate surface area is 232 Å². The predicted molar refractivity (Wildman–Crippen MR) is 159 cm³/mol. The van der Waals surface area contributed by atoms with Crippen molar-refractivity contribution in [1.29, 1.82) is 0 Å². The molecule has 0 N–H and O–H groups in total. The van der Waals surface area contributed by atoms with E-state index in [1.807, 2.05) is 60.8 Å². The lowest BCUT2D eigenvalue weighted by Gasteiger charge is -2.35. The molecular weight excluding hydrogens is 495 g/mol. The van der Waals surface area contributed by atoms with E-state index < -0.39 is 0 Å². The Balaban J connectivity index is 1.35. The third-order valence-electron chi connectivity index (χ3n) is 7.84. The quantitative estimate of drug-likeness (QED) is 0.241. The van der Waals surface area contributed by atoms with Gasteiger partial charge in [0.25, 0.3) is 6.71 Å². The Morgan fingerprint density at radius 3 is 2.02 bits per heavy atom. The van der Waals surface area contributed by atoms with Crippen molar-refractivity contribution >= 4 is 34.2 Å². The summed E-state index contributed by atoms with van der Waals surface area (Å²) in [6.45, 7) is 6.54. The largest absolute Gasteiger partial charge is 0.458 e. The smallest absolute Gasteiger partial charge is 0.260 e. The molecule has 192 valence electrons. The van der Waals surface area contributed by atoms with Gasteiger partial charge in [0.1, 0.15) is 28.5 Å². The van der Waals surface area contributed by atoms with Gasteiger partial charge in [-0.25, -0.2) is 4.98 Å². The molecule has 0 spiro atoms. The Bertz CT molecular complexity index is 1910. The molecule has 40 heavy (non-hydrogen) atoms. The van der Waals surface area contributed by atoms with Gasteiger partial charge in [-0.05, 0) is 88.1 Å². The van der Waals surface area contributed by atoms with Crippen molar-refractivity contribution in [1.82, 2.24) is 9.97 Å². The van der Waals surface area contributed by atoms with Crippen LogP contribution in [0.1, 0.15) is 26.3 Å². The molecule has 0 saturated carbocycles. The minimum Gasteiger partial charge on any atom is -0.458 e. The molecule has 6 heteroatoms. The highest BCUT2D eigenvalue weighted by Gasteiger charge is 2.41. The number of benzene rings is 4. The van der Waals surface area contributed by atoms with E-state index in [0.29, 0.717) is 5.89 Å². The SMILES string of the molecule is CC(C)(C)c1cc2c3c(c1)Oc1ccc(-c4nc5ccccc5o4)cc1B3c1cc(-c3ccccn3)ccc1O2. The van der Waals surface area contributed by atoms with Gasteiger partial charge in [0.2, 0.25) is 5.89 Å². The molecule has 0 radical (unpaired) electrons. The van der Waals surface area contributed by atoms with Crippen LogP contribution >= 0.6 is 0 Å². The highest BCUT2D eigenvalue weighted by molar-refractivity contribution is 6.98. The van der Waals surface area contributed by atoms with Crippen LogP contribution in [0.15, 0.2) is 102 Å². The molecule has 6 aromatic rings. The predicted octanol–water partition coefficient (Wildman–Crippen LogP) is 6.58. The van der Waals surface area contributed by atoms with Gasteiger partial charge >= 0.3 is 0 Å². The summed E-state index contributed by atoms with van der Waals surface area (Å²) < 4.78 is 19.3. The van der Waals surface area contributed by atoms with Crippen LogP contribution in [-0.2, 0) is 5.41 Å². The Morgan fingerprint density at radius 1 is 0.675 bits per heavy atom. The average molecular weight is 520 g/mol. The van der Waals surface area contributed by atoms with Crippen molar-refractivity contribution in [3.63, 3.8) is 0 Å². The third kappa shape index (κ3) is 3.56. The van der Waals surface area contributed by atoms with E-state index in [2.05, 4.69) is 62.2 Å². The van der Waals surface area contributed by atoms with Crippen molar-refractivity contribution < 1.29 is 13.9 Å². The zero-order chi connectivity index (χ0) is 27.0. The summed E-state index contributed by atoms with van der Waals surface area (Å²) in [6, 6.07) is 30.7. The first kappa shape index (κ1) is 23.1. The van der Waals surface area contributed by atoms with Crippen LogP contribution < -0.4 is 25.9 Å². The zero-order valence-corrected chi connectivity index (χ0v) is 22.4. The fourth-order valence-corrected chi connectivity index (χ4v) is 5.76. The molecule has 0 unspecified atom stereocenters. The number of aromatic nitrogens is 2. The monoisotopic (exact) mass is 520 g/mol. The number of oxazole rings is 1. The molecule has 2 aromatic heterocycles. The fourth-order valence-electron chi connectivity index (χ4n) is 5.76. The van der Waals surface area contributed by atoms with E-state index in [1.54, 1.807) is 0 Å². The van der Waals surface area contributed by atoms with Crippen molar-refractivity contribution in [3.8, 4) is 45.7 Å². The van der Waals surface area contributed by atoms with Gasteiger partial charge in [0.15, 0.2) is 5.58 Å². The van der Waals surface area contributed by atoms with Crippen LogP contribution in [0.25, 0.3) is 33.8 Å². The third-order valence-corrected chi connectivity index (χ3v) is 7.84. The summed E-state index contributed by atoms with van der Waals surface area (Å²) in [5, 5.41) is 0. The number of para-hydroxylation sites is 2. The van der Waals surface area contributed by atoms with Crippen LogP contribution in [0.2, 0.25) is 0 Å². The molecule has 0 fully saturated rings. The minimum atomic E-state index is -0.0838. The maximum absolute atomic E-state index is 6.60. The van der Waals surface area contributed by atoms with E-state index in [9.17, 15) is 0 Å². The van der Waals surface area contributed by atoms with E-state index >= 15 is 0 Å². The summed E-state index contributed by atoms with van der Waals surface area (Å²) in [6.07, 6.45) is 1.82. The first-order chi connectivity index (χ1) is 19.4. The maximum atomic E-state index is 6.60. The van der Waals surface area contributed by atoms with Gasteiger partial charge in [-0.2, -0.15) is 0 Å². The Kier molecular flexibility index (Phi) is 4.81. The fraction of sp³-hybridized carbons (Fsp3) is 0.118. The molecule has 4 heterocycles. The number of hydrogen-bond donors (Lipinski definition) is 0. The Hall–Kier alpha value is -4.84. The van der Waals surface area contributed by atoms with E-state index in [-0.39, 0.29) is 12.1 Å². The molecule has 8 rings (SSSR count). The Morgan fingerprint density at radius 2 is 1.35 bits per heavy atom. The number of fused-ring (bicyclic) bond motifs is 5. The summed E-state index contributed by atoms with van der Waals surface area (Å²) in [5.74, 6) is 3.93. The topological polar surface area (TPSA) is 57.4 Å². The second kappa shape index (κ2) is 8.33. The second-order valence-corrected chi connectivity index (χ2v) is 11.5. The molecule has 0 aliphatic carbocycles. The lowest BCUT2D eigenvalue weighted by molar-refractivity contribution is 0.458. The zero-order valence-electron chi connectivity index (χ0n) is 22.4. The van der Waals surface area contributed by atoms with Crippen molar-refractivity contribution in [2.45, 2.75) is 26.2 Å². The normalized spacial score (nSPS) is 13.2. The van der Waals surface area contributed by atoms with Gasteiger partial charge in [0, 0.05) is 17.2 Å². The highest BCUT2D eigenvalue weighted by atomic mass is 16.5. The molecule has 0 atom stereocenters. The van der Waals surface area contributed by atoms with Crippen LogP contribution in [0, 0.1) is 0 Å². The van der Waals surface area contributed by atoms with Gasteiger partial charge in [-0.15, -0.1) is 0 Å². The molecule has 0 saturated heterocycles. The van der Waals surface area contributed by atoms with Crippen molar-refractivity contribution in [2.24, 2.45) is 0 Å². The summed E-state index contributed by atoms with van der Waals surface area (Å²) >= 11 is 0. The number of nitrogens with zero attached hydrogens (tertiary/aromatic N) is 2. The summed E-state index contributed by atoms with van der Waals surface area (Å²) in [4.78, 5) is 9.35. The standard InChI is InChI=1S/C34H25BN2O3/c1-34(2,3)22-18-30-32-31(19-22)39-28-14-12-21(33-37-26-9-4-5-10-29(26)40-33)17-24(28)35(32)23-16-20(11-13-27(23)38-30)25-8-6-7-15-36-25/h4-19H,1-3H3. The number of rotatable bonds is 2. The molecule has 0 amide bonds. The van der Waals surface area contributed by atoms with Crippen LogP contribution in [0.5, 0.6) is 23.0 Å². The van der Waals surface area contributed by atoms with E-state index in [4.69, 9.17) is 18.9 Å². The van der Waals surface area contributed by atoms with E-state index in [0.717, 1.165) is 67.3 Å². The molecule has 4 aromatic carbocycles. The molecule has 2 aliphatic heterocycles. The number of hydrogen-bond acceptors (Lipinski definition) is 5. The average Bonchev–Trinajstić information content (AvgIpc) is 3.41. The van der Waals surface area contributed by atoms with Gasteiger partial charge in [-0.1, -0.05) is 51.1 Å². The molecule has 2 aliphatic rings. The first-order valence-corrected chi connectivity index (χ1v) is 13.5. The maximum Gasteiger partial charge on any atom is 0.260 e. The van der Waals surface area contributed by atoms with Crippen LogP contribution in [-0.4, -0.2) is 16.7 Å². The molecule has 5 nitrogen and oxygen atoms in total. The summed E-state index contributed by atoms with van der Waals surface area (Å²) in [5.41, 5.74) is 8.77. The van der Waals surface area contributed by atoms with Gasteiger partial charge < -0.3 is 13.9 Å². The lowest BCUT2D eigenvalue weighted by atomic mass is 9.34. The highest BCUT2D eigenvalue weighted by Crippen LogP contribution is 2.39. The van der Waals surface area contributed by atoms with Gasteiger partial charge in [-0.3, -0.25) is 4.98 Å². The van der Waals surface area contributed by atoms with Crippen LogP contribution in [0.4, 0.5) is 0 Å². The summed E-state index contributed by atoms with van der Waals surface area (Å²) in [7, 11) is 0. The molecule has 0 bridgehead atoms. The lowest BCUT2D eigenvalue weighted by Crippen LogP contribution is -2.57. The second-order valence-electron chi connectivity index (χ2n) is 11.5. The van der Waals surface area contributed by atoms with Crippen molar-refractivity contribution in [3.05, 3.63) is 103 Å². The first-order valence-electron chi connectivity index (χ1n) is 13.5.